The summed E-state index contributed by atoms with van der Waals surface area (Å²) in [4.78, 5) is 36.5. The fourth-order valence-corrected chi connectivity index (χ4v) is 4.81. The molecule has 10 heteroatoms. The van der Waals surface area contributed by atoms with Gasteiger partial charge in [0.25, 0.3) is 5.88 Å². The number of likely N-dealkylation sites (tertiary alicyclic amines) is 2. The molecule has 34 heavy (non-hydrogen) atoms. The van der Waals surface area contributed by atoms with Crippen molar-refractivity contribution in [3.05, 3.63) is 51.0 Å². The number of imidazole rings is 1. The zero-order valence-corrected chi connectivity index (χ0v) is 20.2. The maximum Gasteiger partial charge on any atom is 0.434 e. The van der Waals surface area contributed by atoms with Gasteiger partial charge in [0.2, 0.25) is 0 Å². The summed E-state index contributed by atoms with van der Waals surface area (Å²) in [5.41, 5.74) is 0.893. The molecule has 0 atom stereocenters. The Balaban J connectivity index is 1.22. The first-order chi connectivity index (χ1) is 16.5. The molecule has 1 amide bonds. The number of halogens is 1. The molecule has 0 unspecified atom stereocenters. The summed E-state index contributed by atoms with van der Waals surface area (Å²) in [6.45, 7) is 4.18. The number of aromatic nitrogens is 2. The number of H-pyrrole nitrogens is 1. The van der Waals surface area contributed by atoms with Gasteiger partial charge in [-0.05, 0) is 75.2 Å². The van der Waals surface area contributed by atoms with E-state index >= 15 is 0 Å². The molecule has 0 radical (unpaired) electrons. The normalized spacial score (nSPS) is 17.7. The van der Waals surface area contributed by atoms with E-state index in [4.69, 9.17) is 16.4 Å². The summed E-state index contributed by atoms with van der Waals surface area (Å²) in [6.07, 6.45) is 6.81. The minimum absolute atomic E-state index is 0.279. The van der Waals surface area contributed by atoms with Crippen LogP contribution in [0.25, 0.3) is 0 Å². The molecule has 2 fully saturated rings. The number of nitrogens with zero attached hydrogens (tertiary/aromatic N) is 3. The van der Waals surface area contributed by atoms with Crippen LogP contribution in [0, 0.1) is 5.92 Å². The van der Waals surface area contributed by atoms with Crippen LogP contribution in [-0.2, 0) is 13.0 Å². The third kappa shape index (κ3) is 6.55. The average molecular weight is 492 g/mol. The lowest BCUT2D eigenvalue weighted by Crippen LogP contribution is -2.44. The van der Waals surface area contributed by atoms with Gasteiger partial charge in [-0.3, -0.25) is 10.2 Å². The van der Waals surface area contributed by atoms with Gasteiger partial charge in [0, 0.05) is 31.3 Å². The number of aryl methyl sites for hydroxylation is 1. The second-order valence-electron chi connectivity index (χ2n) is 9.24. The highest BCUT2D eigenvalue weighted by Gasteiger charge is 2.26. The van der Waals surface area contributed by atoms with Crippen LogP contribution in [0.1, 0.15) is 49.8 Å². The molecule has 2 aliphatic heterocycles. The van der Waals surface area contributed by atoms with Gasteiger partial charge in [-0.15, -0.1) is 0 Å². The summed E-state index contributed by atoms with van der Waals surface area (Å²) in [7, 11) is 0. The van der Waals surface area contributed by atoms with E-state index in [0.29, 0.717) is 36.1 Å². The molecular formula is C24H34ClN5O4. The zero-order valence-electron chi connectivity index (χ0n) is 19.5. The molecule has 186 valence electrons. The van der Waals surface area contributed by atoms with Gasteiger partial charge in [-0.2, -0.15) is 0 Å². The third-order valence-electron chi connectivity index (χ3n) is 6.79. The lowest BCUT2D eigenvalue weighted by molar-refractivity contribution is 0.0678. The molecule has 0 spiro atoms. The average Bonchev–Trinajstić information content (AvgIpc) is 3.12. The molecule has 0 aliphatic carbocycles. The van der Waals surface area contributed by atoms with Crippen LogP contribution < -0.4 is 15.8 Å². The van der Waals surface area contributed by atoms with Crippen molar-refractivity contribution in [2.45, 2.75) is 51.5 Å². The highest BCUT2D eigenvalue weighted by atomic mass is 35.5. The molecule has 3 N–H and O–H groups in total. The number of hydrogen-bond acceptors (Lipinski definition) is 6. The van der Waals surface area contributed by atoms with Gasteiger partial charge in [0.15, 0.2) is 0 Å². The number of aromatic hydroxyl groups is 1. The van der Waals surface area contributed by atoms with E-state index in [1.165, 1.54) is 24.8 Å². The van der Waals surface area contributed by atoms with Crippen molar-refractivity contribution in [1.29, 1.82) is 0 Å². The summed E-state index contributed by atoms with van der Waals surface area (Å²) >= 11 is 5.94. The largest absolute Gasteiger partial charge is 0.491 e. The smallest absolute Gasteiger partial charge is 0.434 e. The number of aromatic amines is 1. The molecule has 2 saturated heterocycles. The molecule has 2 aromatic rings. The first kappa shape index (κ1) is 24.6. The van der Waals surface area contributed by atoms with E-state index in [2.05, 4.69) is 15.2 Å². The Morgan fingerprint density at radius 2 is 1.82 bits per heavy atom. The number of amides is 1. The molecule has 3 heterocycles. The van der Waals surface area contributed by atoms with Crippen molar-refractivity contribution < 1.29 is 14.7 Å². The fraction of sp³-hybridized carbons (Fsp3) is 0.583. The van der Waals surface area contributed by atoms with Gasteiger partial charge in [-0.1, -0.05) is 34.9 Å². The number of hydrogen-bond donors (Lipinski definition) is 3. The van der Waals surface area contributed by atoms with Gasteiger partial charge >= 0.3 is 11.8 Å². The lowest BCUT2D eigenvalue weighted by atomic mass is 9.91. The predicted molar refractivity (Wildman–Crippen MR) is 130 cm³/mol. The van der Waals surface area contributed by atoms with Crippen LogP contribution in [0.15, 0.2) is 29.1 Å². The quantitative estimate of drug-likeness (QED) is 0.524. The molecule has 9 nitrogen and oxygen atoms in total. The second-order valence-corrected chi connectivity index (χ2v) is 9.68. The number of nitrogens with one attached hydrogen (secondary N) is 2. The molecule has 2 aliphatic rings. The molecule has 0 saturated carbocycles. The van der Waals surface area contributed by atoms with Gasteiger partial charge in [0.05, 0.1) is 5.69 Å². The molecular weight excluding hydrogens is 458 g/mol. The Morgan fingerprint density at radius 3 is 2.53 bits per heavy atom. The summed E-state index contributed by atoms with van der Waals surface area (Å²) in [5.74, 6) is 0.156. The third-order valence-corrected chi connectivity index (χ3v) is 7.04. The monoisotopic (exact) mass is 491 g/mol. The van der Waals surface area contributed by atoms with Crippen molar-refractivity contribution >= 4 is 17.7 Å². The van der Waals surface area contributed by atoms with Crippen LogP contribution in [0.5, 0.6) is 5.88 Å². The van der Waals surface area contributed by atoms with Crippen molar-refractivity contribution in [2.75, 3.05) is 32.8 Å². The predicted octanol–water partition coefficient (Wildman–Crippen LogP) is 2.96. The van der Waals surface area contributed by atoms with E-state index in [1.54, 1.807) is 4.90 Å². The van der Waals surface area contributed by atoms with Gasteiger partial charge in [0.1, 0.15) is 0 Å². The second kappa shape index (κ2) is 11.8. The molecule has 0 bridgehead atoms. The summed E-state index contributed by atoms with van der Waals surface area (Å²) in [5, 5.41) is 14.4. The number of benzene rings is 1. The maximum absolute atomic E-state index is 12.6. The van der Waals surface area contributed by atoms with Crippen LogP contribution in [0.2, 0.25) is 5.02 Å². The van der Waals surface area contributed by atoms with Crippen LogP contribution in [-0.4, -0.2) is 63.6 Å². The Bertz CT molecular complexity index is 992. The van der Waals surface area contributed by atoms with E-state index in [1.807, 2.05) is 24.3 Å². The first-order valence-electron chi connectivity index (χ1n) is 12.2. The molecule has 1 aromatic heterocycles. The lowest BCUT2D eigenvalue weighted by Gasteiger charge is -2.31. The van der Waals surface area contributed by atoms with Crippen LogP contribution in [0.3, 0.4) is 0 Å². The van der Waals surface area contributed by atoms with E-state index in [9.17, 15) is 14.7 Å². The van der Waals surface area contributed by atoms with E-state index in [-0.39, 0.29) is 12.4 Å². The first-order valence-corrected chi connectivity index (χ1v) is 12.5. The number of rotatable bonds is 8. The van der Waals surface area contributed by atoms with Crippen molar-refractivity contribution in [3.8, 4) is 5.88 Å². The summed E-state index contributed by atoms with van der Waals surface area (Å²) < 4.78 is 0.646. The van der Waals surface area contributed by atoms with E-state index < -0.39 is 11.8 Å². The Morgan fingerprint density at radius 1 is 1.12 bits per heavy atom. The standard InChI is InChI=1S/C24H34ClN5O4/c25-20-8-6-18(7-9-20)4-5-19-10-14-29(15-11-19)24(33)34-30-22(31)21(27-23(30)32)16-26-17-28-12-2-1-3-13-28/h6-9,19,26,31H,1-5,10-17H2,(H,27,32). The highest BCUT2D eigenvalue weighted by molar-refractivity contribution is 6.30. The minimum Gasteiger partial charge on any atom is -0.491 e. The maximum atomic E-state index is 12.6. The van der Waals surface area contributed by atoms with Crippen LogP contribution >= 0.6 is 11.6 Å². The topological polar surface area (TPSA) is 103 Å². The van der Waals surface area contributed by atoms with Gasteiger partial charge in [-0.25, -0.2) is 9.59 Å². The highest BCUT2D eigenvalue weighted by Crippen LogP contribution is 2.23. The van der Waals surface area contributed by atoms with Crippen molar-refractivity contribution in [1.82, 2.24) is 24.8 Å². The SMILES string of the molecule is O=C(On1c(O)c(CNCN2CCCCC2)[nH]c1=O)N1CCC(CCc2ccc(Cl)cc2)CC1. The zero-order chi connectivity index (χ0) is 23.9. The van der Waals surface area contributed by atoms with Gasteiger partial charge < -0.3 is 19.8 Å². The molecule has 1 aromatic carbocycles. The van der Waals surface area contributed by atoms with Crippen molar-refractivity contribution in [2.24, 2.45) is 5.92 Å². The summed E-state index contributed by atoms with van der Waals surface area (Å²) in [6, 6.07) is 7.91. The van der Waals surface area contributed by atoms with Crippen LogP contribution in [0.4, 0.5) is 4.79 Å². The Labute approximate surface area is 204 Å². The fourth-order valence-electron chi connectivity index (χ4n) is 4.68. The number of piperidine rings is 2. The number of carbonyl (C=O) groups excluding carboxylic acids is 1. The Hall–Kier alpha value is -2.49. The molecule has 4 rings (SSSR count). The Kier molecular flexibility index (Phi) is 8.53. The number of carbonyl (C=O) groups is 1. The van der Waals surface area contributed by atoms with Crippen molar-refractivity contribution in [3.63, 3.8) is 0 Å². The minimum atomic E-state index is -0.668. The van der Waals surface area contributed by atoms with E-state index in [0.717, 1.165) is 43.8 Å².